The van der Waals surface area contributed by atoms with Crippen molar-refractivity contribution in [1.82, 2.24) is 25.3 Å². The highest BCUT2D eigenvalue weighted by Crippen LogP contribution is 2.24. The third-order valence-electron chi connectivity index (χ3n) is 3.49. The number of rotatable bonds is 4. The van der Waals surface area contributed by atoms with Gasteiger partial charge in [0.05, 0.1) is 19.1 Å². The molecule has 2 aromatic heterocycles. The van der Waals surface area contributed by atoms with Crippen molar-refractivity contribution in [1.29, 1.82) is 0 Å². The van der Waals surface area contributed by atoms with Crippen molar-refractivity contribution < 1.29 is 4.74 Å². The lowest BCUT2D eigenvalue weighted by Gasteiger charge is -2.16. The van der Waals surface area contributed by atoms with E-state index in [0.29, 0.717) is 24.4 Å². The molecule has 3 rings (SSSR count). The van der Waals surface area contributed by atoms with Gasteiger partial charge in [-0.25, -0.2) is 4.98 Å². The first kappa shape index (κ1) is 13.1. The molecule has 2 unspecified atom stereocenters. The fourth-order valence-electron chi connectivity index (χ4n) is 2.47. The summed E-state index contributed by atoms with van der Waals surface area (Å²) in [4.78, 5) is 25.7. The molecule has 0 saturated carbocycles. The van der Waals surface area contributed by atoms with Crippen LogP contribution in [0.3, 0.4) is 0 Å². The van der Waals surface area contributed by atoms with Crippen molar-refractivity contribution in [3.8, 4) is 0 Å². The highest BCUT2D eigenvalue weighted by molar-refractivity contribution is 5.70. The zero-order valence-corrected chi connectivity index (χ0v) is 11.3. The molecule has 1 aliphatic rings. The molecule has 0 aromatic carbocycles. The summed E-state index contributed by atoms with van der Waals surface area (Å²) in [5.74, 6) is 0.884. The second-order valence-corrected chi connectivity index (χ2v) is 4.98. The fraction of sp³-hybridized carbons (Fsp3) is 0.583. The van der Waals surface area contributed by atoms with Crippen LogP contribution in [0.15, 0.2) is 4.79 Å². The molecular weight excluding hydrogens is 260 g/mol. The number of imidazole rings is 1. The second kappa shape index (κ2) is 5.22. The Morgan fingerprint density at radius 1 is 1.40 bits per heavy atom. The van der Waals surface area contributed by atoms with Crippen LogP contribution in [0.25, 0.3) is 11.2 Å². The van der Waals surface area contributed by atoms with Gasteiger partial charge in [-0.1, -0.05) is 6.92 Å². The van der Waals surface area contributed by atoms with Crippen LogP contribution in [-0.2, 0) is 4.74 Å². The summed E-state index contributed by atoms with van der Waals surface area (Å²) < 4.78 is 5.52. The van der Waals surface area contributed by atoms with E-state index in [4.69, 9.17) is 10.5 Å². The van der Waals surface area contributed by atoms with Gasteiger partial charge in [0.25, 0.3) is 5.56 Å². The molecule has 5 N–H and O–H groups in total. The van der Waals surface area contributed by atoms with Crippen LogP contribution in [0, 0.1) is 0 Å². The SMILES string of the molecule is CCCNC1COCC1c1nc2nc(N)[nH]c(=O)c2[nH]1. The molecule has 0 amide bonds. The Balaban J connectivity index is 1.93. The Morgan fingerprint density at radius 2 is 2.25 bits per heavy atom. The third-order valence-corrected chi connectivity index (χ3v) is 3.49. The van der Waals surface area contributed by atoms with Gasteiger partial charge >= 0.3 is 0 Å². The minimum Gasteiger partial charge on any atom is -0.379 e. The average molecular weight is 278 g/mol. The number of fused-ring (bicyclic) bond motifs is 1. The molecule has 20 heavy (non-hydrogen) atoms. The van der Waals surface area contributed by atoms with Gasteiger partial charge in [0, 0.05) is 6.04 Å². The summed E-state index contributed by atoms with van der Waals surface area (Å²) in [6.45, 7) is 4.27. The lowest BCUT2D eigenvalue weighted by Crippen LogP contribution is -2.35. The molecule has 0 bridgehead atoms. The largest absolute Gasteiger partial charge is 0.379 e. The number of aromatic amines is 2. The molecule has 2 atom stereocenters. The summed E-state index contributed by atoms with van der Waals surface area (Å²) >= 11 is 0. The van der Waals surface area contributed by atoms with E-state index in [-0.39, 0.29) is 23.5 Å². The monoisotopic (exact) mass is 278 g/mol. The van der Waals surface area contributed by atoms with E-state index >= 15 is 0 Å². The summed E-state index contributed by atoms with van der Waals surface area (Å²) in [7, 11) is 0. The molecule has 1 fully saturated rings. The van der Waals surface area contributed by atoms with Gasteiger partial charge in [0.15, 0.2) is 11.2 Å². The predicted molar refractivity (Wildman–Crippen MR) is 74.6 cm³/mol. The molecule has 2 aromatic rings. The third kappa shape index (κ3) is 2.27. The average Bonchev–Trinajstić information content (AvgIpc) is 3.01. The quantitative estimate of drug-likeness (QED) is 0.609. The Bertz CT molecular complexity index is 664. The first-order valence-electron chi connectivity index (χ1n) is 6.75. The van der Waals surface area contributed by atoms with Gasteiger partial charge in [-0.05, 0) is 13.0 Å². The van der Waals surface area contributed by atoms with Gasteiger partial charge in [0.1, 0.15) is 5.82 Å². The van der Waals surface area contributed by atoms with Gasteiger partial charge in [-0.2, -0.15) is 4.98 Å². The second-order valence-electron chi connectivity index (χ2n) is 4.98. The summed E-state index contributed by atoms with van der Waals surface area (Å²) in [6.07, 6.45) is 1.06. The molecule has 0 radical (unpaired) electrons. The molecule has 1 aliphatic heterocycles. The molecule has 0 aliphatic carbocycles. The van der Waals surface area contributed by atoms with Crippen molar-refractivity contribution >= 4 is 17.1 Å². The van der Waals surface area contributed by atoms with Crippen molar-refractivity contribution in [3.63, 3.8) is 0 Å². The van der Waals surface area contributed by atoms with E-state index in [1.165, 1.54) is 0 Å². The molecule has 108 valence electrons. The van der Waals surface area contributed by atoms with E-state index in [1.807, 2.05) is 0 Å². The van der Waals surface area contributed by atoms with Crippen LogP contribution in [0.5, 0.6) is 0 Å². The normalized spacial score (nSPS) is 22.6. The van der Waals surface area contributed by atoms with E-state index < -0.39 is 0 Å². The number of hydrogen-bond acceptors (Lipinski definition) is 6. The van der Waals surface area contributed by atoms with Crippen molar-refractivity contribution in [2.24, 2.45) is 0 Å². The van der Waals surface area contributed by atoms with Crippen LogP contribution >= 0.6 is 0 Å². The highest BCUT2D eigenvalue weighted by Gasteiger charge is 2.31. The molecule has 0 spiro atoms. The fourth-order valence-corrected chi connectivity index (χ4v) is 2.47. The Labute approximate surface area is 115 Å². The summed E-state index contributed by atoms with van der Waals surface area (Å²) in [5.41, 5.74) is 5.93. The van der Waals surface area contributed by atoms with Gasteiger partial charge < -0.3 is 20.8 Å². The molecule has 8 nitrogen and oxygen atoms in total. The summed E-state index contributed by atoms with van der Waals surface area (Å²) in [6, 6.07) is 0.201. The minimum absolute atomic E-state index is 0.0730. The maximum absolute atomic E-state index is 11.8. The van der Waals surface area contributed by atoms with Crippen molar-refractivity contribution in [2.45, 2.75) is 25.3 Å². The number of aromatic nitrogens is 4. The Hall–Kier alpha value is -1.93. The smallest absolute Gasteiger partial charge is 0.278 e. The Kier molecular flexibility index (Phi) is 3.41. The van der Waals surface area contributed by atoms with Gasteiger partial charge in [0.2, 0.25) is 5.95 Å². The van der Waals surface area contributed by atoms with Crippen LogP contribution in [0.4, 0.5) is 5.95 Å². The molecule has 3 heterocycles. The van der Waals surface area contributed by atoms with E-state index in [1.54, 1.807) is 0 Å². The van der Waals surface area contributed by atoms with Crippen LogP contribution < -0.4 is 16.6 Å². The number of hydrogen-bond donors (Lipinski definition) is 4. The van der Waals surface area contributed by atoms with Crippen LogP contribution in [-0.4, -0.2) is 45.7 Å². The van der Waals surface area contributed by atoms with Crippen molar-refractivity contribution in [3.05, 3.63) is 16.2 Å². The van der Waals surface area contributed by atoms with Gasteiger partial charge in [-0.3, -0.25) is 9.78 Å². The number of nitrogens with two attached hydrogens (primary N) is 1. The van der Waals surface area contributed by atoms with Crippen LogP contribution in [0.2, 0.25) is 0 Å². The van der Waals surface area contributed by atoms with E-state index in [0.717, 1.165) is 18.8 Å². The number of nitrogen functional groups attached to an aromatic ring is 1. The van der Waals surface area contributed by atoms with E-state index in [9.17, 15) is 4.79 Å². The summed E-state index contributed by atoms with van der Waals surface area (Å²) in [5, 5.41) is 3.43. The number of H-pyrrole nitrogens is 2. The standard InChI is InChI=1S/C12H18N6O2/c1-2-3-14-7-5-20-4-6(7)9-15-8-10(16-9)17-12(13)18-11(8)19/h6-7,14H,2-5H2,1H3,(H4,13,15,16,17,18,19). The first-order chi connectivity index (χ1) is 9.69. The first-order valence-corrected chi connectivity index (χ1v) is 6.75. The Morgan fingerprint density at radius 3 is 3.05 bits per heavy atom. The molecule has 8 heteroatoms. The number of anilines is 1. The zero-order chi connectivity index (χ0) is 14.1. The highest BCUT2D eigenvalue weighted by atomic mass is 16.5. The maximum atomic E-state index is 11.8. The molecular formula is C12H18N6O2. The van der Waals surface area contributed by atoms with Gasteiger partial charge in [-0.15, -0.1) is 0 Å². The topological polar surface area (TPSA) is 122 Å². The lowest BCUT2D eigenvalue weighted by molar-refractivity contribution is 0.187. The maximum Gasteiger partial charge on any atom is 0.278 e. The number of ether oxygens (including phenoxy) is 1. The minimum atomic E-state index is -0.303. The zero-order valence-electron chi connectivity index (χ0n) is 11.3. The van der Waals surface area contributed by atoms with Crippen LogP contribution in [0.1, 0.15) is 25.1 Å². The van der Waals surface area contributed by atoms with Crippen molar-refractivity contribution in [2.75, 3.05) is 25.5 Å². The number of nitrogens with zero attached hydrogens (tertiary/aromatic N) is 2. The van der Waals surface area contributed by atoms with E-state index in [2.05, 4.69) is 32.2 Å². The predicted octanol–water partition coefficient (Wildman–Crippen LogP) is -0.290. The lowest BCUT2D eigenvalue weighted by atomic mass is 10.0. The number of nitrogens with one attached hydrogen (secondary N) is 3. The molecule has 1 saturated heterocycles.